The number of hydrogen-bond acceptors (Lipinski definition) is 6. The van der Waals surface area contributed by atoms with Gasteiger partial charge in [-0.3, -0.25) is 4.98 Å². The summed E-state index contributed by atoms with van der Waals surface area (Å²) in [7, 11) is 0. The number of rotatable bonds is 3. The number of fused-ring (bicyclic) bond motifs is 3. The fourth-order valence-electron chi connectivity index (χ4n) is 3.71. The van der Waals surface area contributed by atoms with Crippen molar-refractivity contribution in [2.24, 2.45) is 0 Å². The van der Waals surface area contributed by atoms with Gasteiger partial charge in [-0.2, -0.15) is 0 Å². The van der Waals surface area contributed by atoms with Crippen LogP contribution < -0.4 is 0 Å². The highest BCUT2D eigenvalue weighted by Crippen LogP contribution is 2.35. The SMILES string of the molecule is CCOC(=O)N1CCCC(n2c(C(C)O)nc3cnc4ccsc4c32)C1. The molecule has 0 spiro atoms. The van der Waals surface area contributed by atoms with Crippen molar-refractivity contribution < 1.29 is 14.6 Å². The molecule has 3 aromatic rings. The van der Waals surface area contributed by atoms with Crippen LogP contribution in [0.25, 0.3) is 21.3 Å². The van der Waals surface area contributed by atoms with Gasteiger partial charge >= 0.3 is 6.09 Å². The standard InChI is InChI=1S/C18H22N4O3S/c1-3-25-18(24)21-7-4-5-12(10-21)22-15-14(20-17(22)11(2)23)9-19-13-6-8-26-16(13)15/h6,8-9,11-12,23H,3-5,7,10H2,1-2H3. The second kappa shape index (κ2) is 6.85. The lowest BCUT2D eigenvalue weighted by Gasteiger charge is -2.34. The number of aliphatic hydroxyl groups is 1. The molecule has 3 aromatic heterocycles. The Morgan fingerprint density at radius 2 is 2.35 bits per heavy atom. The summed E-state index contributed by atoms with van der Waals surface area (Å²) < 4.78 is 8.36. The molecule has 138 valence electrons. The van der Waals surface area contributed by atoms with Crippen LogP contribution in [0.2, 0.25) is 0 Å². The summed E-state index contributed by atoms with van der Waals surface area (Å²) in [4.78, 5) is 23.1. The topological polar surface area (TPSA) is 80.5 Å². The minimum absolute atomic E-state index is 0.0513. The first-order valence-electron chi connectivity index (χ1n) is 8.94. The van der Waals surface area contributed by atoms with Crippen molar-refractivity contribution in [3.8, 4) is 0 Å². The van der Waals surface area contributed by atoms with Crippen molar-refractivity contribution in [2.45, 2.75) is 38.8 Å². The van der Waals surface area contributed by atoms with Crippen molar-refractivity contribution in [1.29, 1.82) is 0 Å². The van der Waals surface area contributed by atoms with Crippen LogP contribution in [-0.4, -0.2) is 50.3 Å². The molecule has 1 N–H and O–H groups in total. The number of carbonyl (C=O) groups excluding carboxylic acids is 1. The molecular weight excluding hydrogens is 352 g/mol. The van der Waals surface area contributed by atoms with Gasteiger partial charge in [0.25, 0.3) is 0 Å². The van der Waals surface area contributed by atoms with E-state index in [1.54, 1.807) is 29.4 Å². The minimum atomic E-state index is -0.699. The number of imidazole rings is 1. The average Bonchev–Trinajstić information content (AvgIpc) is 3.25. The fraction of sp³-hybridized carbons (Fsp3) is 0.500. The maximum absolute atomic E-state index is 12.2. The van der Waals surface area contributed by atoms with E-state index in [-0.39, 0.29) is 12.1 Å². The van der Waals surface area contributed by atoms with Crippen LogP contribution in [0.15, 0.2) is 17.6 Å². The predicted molar refractivity (Wildman–Crippen MR) is 100 cm³/mol. The summed E-state index contributed by atoms with van der Waals surface area (Å²) in [6.45, 7) is 5.16. The zero-order valence-corrected chi connectivity index (χ0v) is 15.7. The van der Waals surface area contributed by atoms with Crippen LogP contribution in [0.5, 0.6) is 0 Å². The average molecular weight is 374 g/mol. The molecule has 4 heterocycles. The van der Waals surface area contributed by atoms with E-state index in [1.165, 1.54) is 0 Å². The largest absolute Gasteiger partial charge is 0.450 e. The van der Waals surface area contributed by atoms with E-state index in [9.17, 15) is 9.90 Å². The van der Waals surface area contributed by atoms with Crippen LogP contribution in [0.4, 0.5) is 4.79 Å². The van der Waals surface area contributed by atoms with Crippen molar-refractivity contribution in [2.75, 3.05) is 19.7 Å². The molecule has 0 aromatic carbocycles. The van der Waals surface area contributed by atoms with E-state index >= 15 is 0 Å². The van der Waals surface area contributed by atoms with Crippen LogP contribution in [0.3, 0.4) is 0 Å². The predicted octanol–water partition coefficient (Wildman–Crippen LogP) is 3.49. The van der Waals surface area contributed by atoms with E-state index in [0.29, 0.717) is 25.5 Å². The summed E-state index contributed by atoms with van der Waals surface area (Å²) in [5.41, 5.74) is 2.71. The van der Waals surface area contributed by atoms with Crippen LogP contribution in [0, 0.1) is 0 Å². The lowest BCUT2D eigenvalue weighted by Crippen LogP contribution is -2.41. The number of carbonyl (C=O) groups is 1. The number of aromatic nitrogens is 3. The van der Waals surface area contributed by atoms with Gasteiger partial charge in [0.15, 0.2) is 0 Å². The molecule has 0 bridgehead atoms. The Kier molecular flexibility index (Phi) is 4.54. The monoisotopic (exact) mass is 374 g/mol. The van der Waals surface area contributed by atoms with E-state index in [4.69, 9.17) is 4.74 Å². The highest BCUT2D eigenvalue weighted by atomic mass is 32.1. The second-order valence-electron chi connectivity index (χ2n) is 6.58. The molecule has 7 nitrogen and oxygen atoms in total. The smallest absolute Gasteiger partial charge is 0.409 e. The number of pyridine rings is 1. The Balaban J connectivity index is 1.82. The number of hydrogen-bond donors (Lipinski definition) is 1. The third-order valence-electron chi connectivity index (χ3n) is 4.81. The number of piperidine rings is 1. The number of likely N-dealkylation sites (tertiary alicyclic amines) is 1. The Morgan fingerprint density at radius 3 is 3.12 bits per heavy atom. The first-order chi connectivity index (χ1) is 12.6. The molecule has 2 unspecified atom stereocenters. The number of nitrogens with zero attached hydrogens (tertiary/aromatic N) is 4. The number of thiophene rings is 1. The van der Waals surface area contributed by atoms with Gasteiger partial charge in [-0.1, -0.05) is 0 Å². The quantitative estimate of drug-likeness (QED) is 0.759. The first-order valence-corrected chi connectivity index (χ1v) is 9.82. The molecule has 4 rings (SSSR count). The second-order valence-corrected chi connectivity index (χ2v) is 7.50. The first kappa shape index (κ1) is 17.2. The molecule has 1 amide bonds. The fourth-order valence-corrected chi connectivity index (χ4v) is 4.60. The molecule has 1 aliphatic heterocycles. The molecule has 1 aliphatic rings. The molecule has 0 aliphatic carbocycles. The third kappa shape index (κ3) is 2.83. The summed E-state index contributed by atoms with van der Waals surface area (Å²) >= 11 is 1.63. The molecule has 1 saturated heterocycles. The Labute approximate surface area is 155 Å². The van der Waals surface area contributed by atoms with Gasteiger partial charge in [-0.15, -0.1) is 11.3 Å². The molecule has 26 heavy (non-hydrogen) atoms. The highest BCUT2D eigenvalue weighted by Gasteiger charge is 2.30. The lowest BCUT2D eigenvalue weighted by molar-refractivity contribution is 0.0882. The van der Waals surface area contributed by atoms with E-state index in [2.05, 4.69) is 14.5 Å². The summed E-state index contributed by atoms with van der Waals surface area (Å²) in [6.07, 6.45) is 2.61. The summed E-state index contributed by atoms with van der Waals surface area (Å²) in [5, 5.41) is 12.3. The van der Waals surface area contributed by atoms with E-state index in [1.807, 2.05) is 18.4 Å². The zero-order valence-electron chi connectivity index (χ0n) is 14.9. The normalized spacial score (nSPS) is 19.2. The molecule has 8 heteroatoms. The van der Waals surface area contributed by atoms with Crippen LogP contribution in [0.1, 0.15) is 44.7 Å². The number of aliphatic hydroxyl groups excluding tert-OH is 1. The zero-order chi connectivity index (χ0) is 18.3. The van der Waals surface area contributed by atoms with Crippen molar-refractivity contribution in [3.05, 3.63) is 23.5 Å². The van der Waals surface area contributed by atoms with Crippen LogP contribution >= 0.6 is 11.3 Å². The Hall–Kier alpha value is -2.19. The van der Waals surface area contributed by atoms with Gasteiger partial charge in [0.05, 0.1) is 34.6 Å². The van der Waals surface area contributed by atoms with Gasteiger partial charge in [-0.05, 0) is 38.1 Å². The third-order valence-corrected chi connectivity index (χ3v) is 5.72. The van der Waals surface area contributed by atoms with Gasteiger partial charge in [0.2, 0.25) is 0 Å². The Morgan fingerprint density at radius 1 is 1.50 bits per heavy atom. The maximum Gasteiger partial charge on any atom is 0.409 e. The summed E-state index contributed by atoms with van der Waals surface area (Å²) in [6, 6.07) is 2.04. The van der Waals surface area contributed by atoms with Gasteiger partial charge < -0.3 is 19.3 Å². The van der Waals surface area contributed by atoms with E-state index in [0.717, 1.165) is 34.1 Å². The molecular formula is C18H22N4O3S. The lowest BCUT2D eigenvalue weighted by atomic mass is 10.1. The number of amides is 1. The number of ether oxygens (including phenoxy) is 1. The Bertz CT molecular complexity index is 949. The molecule has 0 saturated carbocycles. The van der Waals surface area contributed by atoms with Gasteiger partial charge in [-0.25, -0.2) is 9.78 Å². The van der Waals surface area contributed by atoms with Crippen molar-refractivity contribution in [1.82, 2.24) is 19.4 Å². The molecule has 0 radical (unpaired) electrons. The van der Waals surface area contributed by atoms with Gasteiger partial charge in [0.1, 0.15) is 17.4 Å². The molecule has 1 fully saturated rings. The van der Waals surface area contributed by atoms with Crippen molar-refractivity contribution in [3.63, 3.8) is 0 Å². The van der Waals surface area contributed by atoms with Crippen molar-refractivity contribution >= 4 is 38.7 Å². The summed E-state index contributed by atoms with van der Waals surface area (Å²) in [5.74, 6) is 0.624. The minimum Gasteiger partial charge on any atom is -0.450 e. The highest BCUT2D eigenvalue weighted by molar-refractivity contribution is 7.18. The maximum atomic E-state index is 12.2. The van der Waals surface area contributed by atoms with Gasteiger partial charge in [0, 0.05) is 13.1 Å². The molecule has 2 atom stereocenters. The van der Waals surface area contributed by atoms with E-state index < -0.39 is 6.10 Å². The van der Waals surface area contributed by atoms with Crippen LogP contribution in [-0.2, 0) is 4.74 Å².